The van der Waals surface area contributed by atoms with E-state index in [-0.39, 0.29) is 0 Å². The lowest BCUT2D eigenvalue weighted by atomic mass is 10.0. The number of pyridine rings is 1. The van der Waals surface area contributed by atoms with Crippen molar-refractivity contribution >= 4 is 21.8 Å². The van der Waals surface area contributed by atoms with Crippen LogP contribution in [-0.2, 0) is 6.42 Å². The van der Waals surface area contributed by atoms with Crippen molar-refractivity contribution in [2.45, 2.75) is 13.3 Å². The third kappa shape index (κ3) is 2.39. The number of hydrogen-bond acceptors (Lipinski definition) is 4. The lowest BCUT2D eigenvalue weighted by Gasteiger charge is -2.12. The minimum absolute atomic E-state index is 0.706. The minimum Gasteiger partial charge on any atom is -0.493 e. The monoisotopic (exact) mass is 333 g/mol. The Bertz CT molecular complexity index is 1060. The summed E-state index contributed by atoms with van der Waals surface area (Å²) in [4.78, 5) is 4.89. The quantitative estimate of drug-likeness (QED) is 0.563. The highest BCUT2D eigenvalue weighted by molar-refractivity contribution is 6.07. The van der Waals surface area contributed by atoms with Crippen molar-refractivity contribution in [1.29, 1.82) is 0 Å². The number of aromatic nitrogens is 3. The zero-order valence-electron chi connectivity index (χ0n) is 14.5. The highest BCUT2D eigenvalue weighted by Gasteiger charge is 2.16. The van der Waals surface area contributed by atoms with Crippen LogP contribution in [0.1, 0.15) is 12.6 Å². The number of hydrogen-bond donors (Lipinski definition) is 0. The number of aryl methyl sites for hydroxylation is 1. The van der Waals surface area contributed by atoms with Crippen LogP contribution in [-0.4, -0.2) is 29.0 Å². The van der Waals surface area contributed by atoms with E-state index < -0.39 is 0 Å². The van der Waals surface area contributed by atoms with E-state index in [4.69, 9.17) is 14.5 Å². The summed E-state index contributed by atoms with van der Waals surface area (Å²) < 4.78 is 12.8. The lowest BCUT2D eigenvalue weighted by Crippen LogP contribution is -2.00. The average molecular weight is 333 g/mol. The van der Waals surface area contributed by atoms with E-state index in [1.165, 1.54) is 0 Å². The molecule has 25 heavy (non-hydrogen) atoms. The van der Waals surface area contributed by atoms with Gasteiger partial charge >= 0.3 is 0 Å². The van der Waals surface area contributed by atoms with Crippen molar-refractivity contribution in [3.05, 3.63) is 54.4 Å². The maximum atomic E-state index is 5.49. The SMILES string of the molecule is CCc1nc2c(cnn2-c2ccccc2)c2cc(OC)c(OC)cc12. The van der Waals surface area contributed by atoms with Gasteiger partial charge in [0.05, 0.1) is 31.8 Å². The number of para-hydroxylation sites is 1. The molecule has 0 N–H and O–H groups in total. The molecule has 0 fully saturated rings. The molecule has 0 aliphatic rings. The Labute approximate surface area is 145 Å². The third-order valence-corrected chi connectivity index (χ3v) is 4.45. The van der Waals surface area contributed by atoms with Gasteiger partial charge in [-0.2, -0.15) is 5.10 Å². The number of ether oxygens (including phenoxy) is 2. The van der Waals surface area contributed by atoms with E-state index in [1.54, 1.807) is 14.2 Å². The second-order valence-electron chi connectivity index (χ2n) is 5.79. The summed E-state index contributed by atoms with van der Waals surface area (Å²) in [6, 6.07) is 14.0. The molecule has 0 unspecified atom stereocenters. The maximum absolute atomic E-state index is 5.49. The molecule has 0 bridgehead atoms. The van der Waals surface area contributed by atoms with Crippen molar-refractivity contribution in [2.24, 2.45) is 0 Å². The van der Waals surface area contributed by atoms with Gasteiger partial charge in [-0.15, -0.1) is 0 Å². The molecule has 0 amide bonds. The fourth-order valence-corrected chi connectivity index (χ4v) is 3.20. The third-order valence-electron chi connectivity index (χ3n) is 4.45. The van der Waals surface area contributed by atoms with Crippen molar-refractivity contribution in [1.82, 2.24) is 14.8 Å². The highest BCUT2D eigenvalue weighted by Crippen LogP contribution is 2.37. The Morgan fingerprint density at radius 2 is 1.60 bits per heavy atom. The smallest absolute Gasteiger partial charge is 0.163 e. The molecular formula is C20H19N3O2. The maximum Gasteiger partial charge on any atom is 0.163 e. The molecule has 2 aromatic heterocycles. The van der Waals surface area contributed by atoms with E-state index >= 15 is 0 Å². The van der Waals surface area contributed by atoms with E-state index in [9.17, 15) is 0 Å². The second kappa shape index (κ2) is 6.09. The molecule has 5 nitrogen and oxygen atoms in total. The number of nitrogens with zero attached hydrogens (tertiary/aromatic N) is 3. The molecule has 2 aromatic carbocycles. The van der Waals surface area contributed by atoms with Gasteiger partial charge in [-0.3, -0.25) is 0 Å². The van der Waals surface area contributed by atoms with Gasteiger partial charge in [0.25, 0.3) is 0 Å². The predicted octanol–water partition coefficient (Wildman–Crippen LogP) is 4.15. The van der Waals surface area contributed by atoms with Crippen LogP contribution in [0.3, 0.4) is 0 Å². The Balaban J connectivity index is 2.09. The Hall–Kier alpha value is -3.08. The number of fused-ring (bicyclic) bond motifs is 3. The van der Waals surface area contributed by atoms with Gasteiger partial charge in [-0.25, -0.2) is 9.67 Å². The normalized spacial score (nSPS) is 11.2. The molecule has 0 atom stereocenters. The Morgan fingerprint density at radius 1 is 0.920 bits per heavy atom. The predicted molar refractivity (Wildman–Crippen MR) is 98.9 cm³/mol. The van der Waals surface area contributed by atoms with Crippen LogP contribution in [0.4, 0.5) is 0 Å². The molecule has 0 radical (unpaired) electrons. The van der Waals surface area contributed by atoms with Crippen molar-refractivity contribution in [3.63, 3.8) is 0 Å². The molecule has 2 heterocycles. The summed E-state index contributed by atoms with van der Waals surface area (Å²) >= 11 is 0. The minimum atomic E-state index is 0.706. The van der Waals surface area contributed by atoms with E-state index in [2.05, 4.69) is 12.0 Å². The molecule has 0 aliphatic heterocycles. The first-order valence-corrected chi connectivity index (χ1v) is 8.24. The van der Waals surface area contributed by atoms with Crippen LogP contribution < -0.4 is 9.47 Å². The summed E-state index contributed by atoms with van der Waals surface area (Å²) in [7, 11) is 3.30. The largest absolute Gasteiger partial charge is 0.493 e. The number of rotatable bonds is 4. The van der Waals surface area contributed by atoms with Gasteiger partial charge in [0.1, 0.15) is 0 Å². The van der Waals surface area contributed by atoms with Crippen molar-refractivity contribution < 1.29 is 9.47 Å². The van der Waals surface area contributed by atoms with Gasteiger partial charge in [-0.1, -0.05) is 25.1 Å². The summed E-state index contributed by atoms with van der Waals surface area (Å²) in [5.41, 5.74) is 2.86. The van der Waals surface area contributed by atoms with Gasteiger partial charge < -0.3 is 9.47 Å². The van der Waals surface area contributed by atoms with Gasteiger partial charge in [-0.05, 0) is 30.7 Å². The van der Waals surface area contributed by atoms with E-state index in [0.717, 1.165) is 39.6 Å². The van der Waals surface area contributed by atoms with Crippen molar-refractivity contribution in [3.8, 4) is 17.2 Å². The molecule has 5 heteroatoms. The molecule has 0 saturated carbocycles. The van der Waals surface area contributed by atoms with Crippen LogP contribution in [0.15, 0.2) is 48.7 Å². The molecule has 0 saturated heterocycles. The summed E-state index contributed by atoms with van der Waals surface area (Å²) in [6.07, 6.45) is 2.69. The summed E-state index contributed by atoms with van der Waals surface area (Å²) in [5, 5.41) is 7.71. The van der Waals surface area contributed by atoms with E-state index in [0.29, 0.717) is 11.5 Å². The standard InChI is InChI=1S/C20H19N3O2/c1-4-17-15-11-19(25-3)18(24-2)10-14(15)16-12-21-23(20(16)22-17)13-8-6-5-7-9-13/h5-12H,4H2,1-3H3. The molecule has 4 rings (SSSR count). The Kier molecular flexibility index (Phi) is 3.76. The van der Waals surface area contributed by atoms with Crippen LogP contribution >= 0.6 is 0 Å². The van der Waals surface area contributed by atoms with Crippen LogP contribution in [0.2, 0.25) is 0 Å². The zero-order valence-corrected chi connectivity index (χ0v) is 14.5. The fourth-order valence-electron chi connectivity index (χ4n) is 3.20. The average Bonchev–Trinajstić information content (AvgIpc) is 3.10. The van der Waals surface area contributed by atoms with Gasteiger partial charge in [0.2, 0.25) is 0 Å². The van der Waals surface area contributed by atoms with E-state index in [1.807, 2.05) is 53.3 Å². The van der Waals surface area contributed by atoms with Gasteiger partial charge in [0.15, 0.2) is 17.1 Å². The van der Waals surface area contributed by atoms with Gasteiger partial charge in [0, 0.05) is 16.2 Å². The van der Waals surface area contributed by atoms with Crippen LogP contribution in [0.25, 0.3) is 27.5 Å². The highest BCUT2D eigenvalue weighted by atomic mass is 16.5. The topological polar surface area (TPSA) is 49.2 Å². The van der Waals surface area contributed by atoms with Crippen molar-refractivity contribution in [2.75, 3.05) is 14.2 Å². The first-order valence-electron chi connectivity index (χ1n) is 8.24. The molecule has 126 valence electrons. The molecular weight excluding hydrogens is 314 g/mol. The van der Waals surface area contributed by atoms with Crippen LogP contribution in [0.5, 0.6) is 11.5 Å². The van der Waals surface area contributed by atoms with Crippen LogP contribution in [0, 0.1) is 0 Å². The number of benzene rings is 2. The number of methoxy groups -OCH3 is 2. The molecule has 0 aliphatic carbocycles. The summed E-state index contributed by atoms with van der Waals surface area (Å²) in [6.45, 7) is 2.10. The molecule has 0 spiro atoms. The molecule has 4 aromatic rings. The zero-order chi connectivity index (χ0) is 17.4. The fraction of sp³-hybridized carbons (Fsp3) is 0.200. The lowest BCUT2D eigenvalue weighted by molar-refractivity contribution is 0.356. The first-order chi connectivity index (χ1) is 12.3. The second-order valence-corrected chi connectivity index (χ2v) is 5.79. The summed E-state index contributed by atoms with van der Waals surface area (Å²) in [5.74, 6) is 1.42. The first kappa shape index (κ1) is 15.4. The Morgan fingerprint density at radius 3 is 2.24 bits per heavy atom.